The Bertz CT molecular complexity index is 2360. The molecule has 0 bridgehead atoms. The summed E-state index contributed by atoms with van der Waals surface area (Å²) in [5, 5.41) is 0. The van der Waals surface area contributed by atoms with Crippen molar-refractivity contribution >= 4 is 0 Å². The molecule has 0 heterocycles. The number of hydrogen-bond donors (Lipinski definition) is 0. The van der Waals surface area contributed by atoms with Crippen LogP contribution in [0.4, 0.5) is 57.1 Å². The minimum absolute atomic E-state index is 0.0416. The van der Waals surface area contributed by atoms with Crippen molar-refractivity contribution in [1.82, 2.24) is 0 Å². The zero-order valence-electron chi connectivity index (χ0n) is 29.2. The number of rotatable bonds is 6. The molecule has 0 spiro atoms. The number of halogens is 13. The topological polar surface area (TPSA) is 0 Å². The Hall–Kier alpha value is -5.35. The van der Waals surface area contributed by atoms with Gasteiger partial charge in [-0.15, -0.1) is 0 Å². The molecular formula is C41H27F13. The second-order valence-corrected chi connectivity index (χ2v) is 12.0. The zero-order chi connectivity index (χ0) is 40.3. The van der Waals surface area contributed by atoms with Crippen LogP contribution in [0.2, 0.25) is 0 Å². The molecule has 4 aromatic rings. The van der Waals surface area contributed by atoms with Crippen LogP contribution in [0, 0.1) is 125 Å². The van der Waals surface area contributed by atoms with Crippen LogP contribution < -0.4 is 0 Å². The first-order valence-corrected chi connectivity index (χ1v) is 16.4. The van der Waals surface area contributed by atoms with Gasteiger partial charge >= 0.3 is 0 Å². The monoisotopic (exact) mass is 766 g/mol. The maximum Gasteiger partial charge on any atom is 0.178 e. The van der Waals surface area contributed by atoms with Crippen LogP contribution in [0.15, 0.2) is 0 Å². The summed E-state index contributed by atoms with van der Waals surface area (Å²) in [4.78, 5) is 0. The van der Waals surface area contributed by atoms with Gasteiger partial charge in [0.2, 0.25) is 0 Å². The maximum atomic E-state index is 15.8. The molecule has 0 unspecified atom stereocenters. The summed E-state index contributed by atoms with van der Waals surface area (Å²) in [7, 11) is 0. The van der Waals surface area contributed by atoms with Crippen molar-refractivity contribution in [2.45, 2.75) is 73.1 Å². The summed E-state index contributed by atoms with van der Waals surface area (Å²) in [6.07, 6.45) is -0.543. The summed E-state index contributed by atoms with van der Waals surface area (Å²) in [5.74, 6) is -11.5. The van der Waals surface area contributed by atoms with Gasteiger partial charge in [0.15, 0.2) is 58.2 Å². The average molecular weight is 767 g/mol. The SMILES string of the molecule is CCCc1c(F)c(C)c(F)c(F)c1C#Cc1c(F)c(F)c(C#Cc2c(F)c(F)c(C#Cc3c(F)c(F)c(C)c(F)c3F)c(CCC)c2F)c(CCC)c1F. The van der Waals surface area contributed by atoms with Crippen LogP contribution in [0.1, 0.15) is 101 Å². The Morgan fingerprint density at radius 3 is 0.796 bits per heavy atom. The van der Waals surface area contributed by atoms with E-state index in [1.54, 1.807) is 12.8 Å². The van der Waals surface area contributed by atoms with Crippen molar-refractivity contribution in [3.8, 4) is 35.5 Å². The van der Waals surface area contributed by atoms with E-state index >= 15 is 26.3 Å². The minimum Gasteiger partial charge on any atom is -0.206 e. The molecule has 282 valence electrons. The Labute approximate surface area is 302 Å². The van der Waals surface area contributed by atoms with Crippen molar-refractivity contribution in [2.24, 2.45) is 0 Å². The van der Waals surface area contributed by atoms with E-state index in [1.807, 2.05) is 29.6 Å². The highest BCUT2D eigenvalue weighted by Crippen LogP contribution is 2.30. The summed E-state index contributed by atoms with van der Waals surface area (Å²) in [5.41, 5.74) is -10.4. The molecule has 0 aromatic heterocycles. The third kappa shape index (κ3) is 7.40. The lowest BCUT2D eigenvalue weighted by Gasteiger charge is -2.12. The molecule has 0 aliphatic carbocycles. The van der Waals surface area contributed by atoms with Gasteiger partial charge in [0.1, 0.15) is 23.0 Å². The Morgan fingerprint density at radius 1 is 0.278 bits per heavy atom. The highest BCUT2D eigenvalue weighted by Gasteiger charge is 2.27. The second-order valence-electron chi connectivity index (χ2n) is 12.0. The predicted octanol–water partition coefficient (Wildman–Crippen LogP) is 11.2. The molecule has 0 aliphatic heterocycles. The summed E-state index contributed by atoms with van der Waals surface area (Å²) >= 11 is 0. The Morgan fingerprint density at radius 2 is 0.481 bits per heavy atom. The fraction of sp³-hybridized carbons (Fsp3) is 0.268. The van der Waals surface area contributed by atoms with E-state index in [0.29, 0.717) is 0 Å². The highest BCUT2D eigenvalue weighted by atomic mass is 19.2. The standard InChI is InChI=1S/C41H27F13/c1-6-9-20-23(35(48)30(43)18(4)29(20)42)12-15-26-33(46)21(10-7-2)24(36(49)40(26)53)13-16-27-34(47)22(11-8-3)25(37(50)41(27)54)14-17-28-38(51)31(44)19(5)32(45)39(28)52/h6-11H2,1-5H3. The molecule has 54 heavy (non-hydrogen) atoms. The van der Waals surface area contributed by atoms with Gasteiger partial charge in [-0.2, -0.15) is 0 Å². The fourth-order valence-electron chi connectivity index (χ4n) is 5.55. The largest absolute Gasteiger partial charge is 0.206 e. The fourth-order valence-corrected chi connectivity index (χ4v) is 5.55. The lowest BCUT2D eigenvalue weighted by Crippen LogP contribution is -2.09. The number of benzene rings is 4. The van der Waals surface area contributed by atoms with Gasteiger partial charge in [-0.25, -0.2) is 57.1 Å². The molecule has 0 N–H and O–H groups in total. The van der Waals surface area contributed by atoms with Crippen LogP contribution in [0.3, 0.4) is 0 Å². The average Bonchev–Trinajstić information content (AvgIpc) is 3.15. The van der Waals surface area contributed by atoms with Gasteiger partial charge in [-0.1, -0.05) is 75.6 Å². The lowest BCUT2D eigenvalue weighted by molar-refractivity contribution is 0.442. The third-order valence-corrected chi connectivity index (χ3v) is 8.39. The quantitative estimate of drug-likeness (QED) is 0.104. The van der Waals surface area contributed by atoms with Crippen molar-refractivity contribution in [1.29, 1.82) is 0 Å². The third-order valence-electron chi connectivity index (χ3n) is 8.39. The molecule has 0 amide bonds. The smallest absolute Gasteiger partial charge is 0.178 e. The van der Waals surface area contributed by atoms with Crippen molar-refractivity contribution in [3.63, 3.8) is 0 Å². The van der Waals surface area contributed by atoms with Gasteiger partial charge in [0, 0.05) is 27.8 Å². The first kappa shape index (κ1) is 41.4. The van der Waals surface area contributed by atoms with Crippen molar-refractivity contribution in [3.05, 3.63) is 137 Å². The molecule has 0 saturated heterocycles. The lowest BCUT2D eigenvalue weighted by atomic mass is 9.95. The van der Waals surface area contributed by atoms with E-state index in [1.165, 1.54) is 13.8 Å². The van der Waals surface area contributed by atoms with E-state index in [-0.39, 0.29) is 37.7 Å². The predicted molar refractivity (Wildman–Crippen MR) is 175 cm³/mol. The molecule has 0 atom stereocenters. The molecule has 0 saturated carbocycles. The van der Waals surface area contributed by atoms with Gasteiger partial charge in [0.05, 0.1) is 27.8 Å². The molecule has 0 nitrogen and oxygen atoms in total. The van der Waals surface area contributed by atoms with Gasteiger partial charge in [0.25, 0.3) is 0 Å². The molecular weight excluding hydrogens is 739 g/mol. The normalized spacial score (nSPS) is 10.8. The molecule has 0 radical (unpaired) electrons. The minimum atomic E-state index is -2.05. The molecule has 0 aliphatic rings. The molecule has 4 aromatic carbocycles. The molecule has 4 rings (SSSR count). The van der Waals surface area contributed by atoms with Gasteiger partial charge < -0.3 is 0 Å². The van der Waals surface area contributed by atoms with Crippen molar-refractivity contribution in [2.75, 3.05) is 0 Å². The first-order chi connectivity index (χ1) is 25.5. The van der Waals surface area contributed by atoms with E-state index in [0.717, 1.165) is 13.8 Å². The molecule has 0 fully saturated rings. The van der Waals surface area contributed by atoms with Crippen LogP contribution in [0.5, 0.6) is 0 Å². The van der Waals surface area contributed by atoms with E-state index in [2.05, 4.69) is 0 Å². The summed E-state index contributed by atoms with van der Waals surface area (Å²) in [6.45, 7) is 6.29. The van der Waals surface area contributed by atoms with Gasteiger partial charge in [-0.05, 0) is 33.1 Å². The second kappa shape index (κ2) is 16.8. The summed E-state index contributed by atoms with van der Waals surface area (Å²) in [6, 6.07) is 0. The summed E-state index contributed by atoms with van der Waals surface area (Å²) < 4.78 is 194. The zero-order valence-corrected chi connectivity index (χ0v) is 29.2. The van der Waals surface area contributed by atoms with Crippen molar-refractivity contribution < 1.29 is 57.1 Å². The maximum absolute atomic E-state index is 15.8. The number of hydrogen-bond acceptors (Lipinski definition) is 0. The van der Waals surface area contributed by atoms with Gasteiger partial charge in [-0.3, -0.25) is 0 Å². The van der Waals surface area contributed by atoms with Crippen LogP contribution in [-0.2, 0) is 19.3 Å². The Kier molecular flexibility index (Phi) is 12.9. The van der Waals surface area contributed by atoms with E-state index in [9.17, 15) is 30.7 Å². The van der Waals surface area contributed by atoms with Crippen LogP contribution in [0.25, 0.3) is 0 Å². The van der Waals surface area contributed by atoms with Crippen LogP contribution >= 0.6 is 0 Å². The first-order valence-electron chi connectivity index (χ1n) is 16.4. The molecule has 13 heteroatoms. The van der Waals surface area contributed by atoms with Crippen LogP contribution in [-0.4, -0.2) is 0 Å². The Balaban J connectivity index is 1.93. The van der Waals surface area contributed by atoms with E-state index in [4.69, 9.17) is 0 Å². The van der Waals surface area contributed by atoms with E-state index < -0.39 is 138 Å². The highest BCUT2D eigenvalue weighted by molar-refractivity contribution is 5.58.